The molecule has 1 fully saturated rings. The third kappa shape index (κ3) is 3.11. The van der Waals surface area contributed by atoms with Gasteiger partial charge >= 0.3 is 0 Å². The van der Waals surface area contributed by atoms with Crippen molar-refractivity contribution in [2.24, 2.45) is 5.92 Å². The highest BCUT2D eigenvalue weighted by molar-refractivity contribution is 5.04. The maximum atomic E-state index is 5.53. The van der Waals surface area contributed by atoms with Crippen molar-refractivity contribution in [1.29, 1.82) is 0 Å². The van der Waals surface area contributed by atoms with Gasteiger partial charge in [-0.15, -0.1) is 0 Å². The molecule has 2 nitrogen and oxygen atoms in total. The summed E-state index contributed by atoms with van der Waals surface area (Å²) in [5, 5.41) is 3.54. The molecule has 0 bridgehead atoms. The highest BCUT2D eigenvalue weighted by Crippen LogP contribution is 2.31. The van der Waals surface area contributed by atoms with Crippen LogP contribution < -0.4 is 5.32 Å². The fourth-order valence-electron chi connectivity index (χ4n) is 2.79. The van der Waals surface area contributed by atoms with Crippen LogP contribution in [0.2, 0.25) is 0 Å². The Morgan fingerprint density at radius 1 is 1.38 bits per heavy atom. The lowest BCUT2D eigenvalue weighted by Gasteiger charge is -2.26. The molecule has 1 unspecified atom stereocenters. The van der Waals surface area contributed by atoms with Crippen LogP contribution in [0.3, 0.4) is 0 Å². The van der Waals surface area contributed by atoms with E-state index in [1.807, 2.05) is 6.07 Å². The zero-order chi connectivity index (χ0) is 11.2. The number of furan rings is 1. The lowest BCUT2D eigenvalue weighted by Crippen LogP contribution is -2.24. The van der Waals surface area contributed by atoms with Gasteiger partial charge < -0.3 is 9.73 Å². The Morgan fingerprint density at radius 2 is 2.19 bits per heavy atom. The summed E-state index contributed by atoms with van der Waals surface area (Å²) in [4.78, 5) is 0. The summed E-state index contributed by atoms with van der Waals surface area (Å²) in [5.74, 6) is 2.00. The summed E-state index contributed by atoms with van der Waals surface area (Å²) in [6.07, 6.45) is 10.1. The minimum atomic E-state index is 0.420. The molecule has 2 rings (SSSR count). The maximum absolute atomic E-state index is 5.53. The van der Waals surface area contributed by atoms with Crippen molar-refractivity contribution < 1.29 is 4.42 Å². The second-order valence-electron chi connectivity index (χ2n) is 4.87. The van der Waals surface area contributed by atoms with Crippen molar-refractivity contribution >= 4 is 0 Å². The zero-order valence-corrected chi connectivity index (χ0v) is 10.2. The molecule has 0 radical (unpaired) electrons. The van der Waals surface area contributed by atoms with Gasteiger partial charge in [0.2, 0.25) is 0 Å². The van der Waals surface area contributed by atoms with Gasteiger partial charge in [-0.3, -0.25) is 0 Å². The Morgan fingerprint density at radius 3 is 2.81 bits per heavy atom. The molecule has 0 spiro atoms. The van der Waals surface area contributed by atoms with E-state index in [4.69, 9.17) is 4.42 Å². The smallest absolute Gasteiger partial charge is 0.120 e. The molecule has 1 aromatic rings. The first kappa shape index (κ1) is 11.7. The molecule has 1 aliphatic carbocycles. The molecular formula is C14H23NO. The second-order valence-corrected chi connectivity index (χ2v) is 4.87. The number of nitrogens with one attached hydrogen (secondary N) is 1. The van der Waals surface area contributed by atoms with Gasteiger partial charge in [0.25, 0.3) is 0 Å². The summed E-state index contributed by atoms with van der Waals surface area (Å²) in [7, 11) is 0. The van der Waals surface area contributed by atoms with Crippen LogP contribution in [0, 0.1) is 5.92 Å². The third-order valence-electron chi connectivity index (χ3n) is 3.63. The summed E-state index contributed by atoms with van der Waals surface area (Å²) in [6, 6.07) is 4.50. The second kappa shape index (κ2) is 6.09. The normalized spacial score (nSPS) is 19.8. The van der Waals surface area contributed by atoms with Crippen LogP contribution in [0.5, 0.6) is 0 Å². The van der Waals surface area contributed by atoms with Crippen molar-refractivity contribution in [3.05, 3.63) is 24.2 Å². The molecule has 0 amide bonds. The fraction of sp³-hybridized carbons (Fsp3) is 0.714. The van der Waals surface area contributed by atoms with E-state index >= 15 is 0 Å². The van der Waals surface area contributed by atoms with E-state index in [9.17, 15) is 0 Å². The Bertz CT molecular complexity index is 275. The van der Waals surface area contributed by atoms with E-state index in [2.05, 4.69) is 18.3 Å². The molecule has 0 saturated heterocycles. The van der Waals surface area contributed by atoms with Gasteiger partial charge in [-0.1, -0.05) is 39.0 Å². The number of hydrogen-bond donors (Lipinski definition) is 1. The van der Waals surface area contributed by atoms with Gasteiger partial charge in [0.05, 0.1) is 12.3 Å². The van der Waals surface area contributed by atoms with Gasteiger partial charge in [0.1, 0.15) is 5.76 Å². The van der Waals surface area contributed by atoms with Gasteiger partial charge in [-0.05, 0) is 31.0 Å². The van der Waals surface area contributed by atoms with Crippen LogP contribution in [0.1, 0.15) is 57.3 Å². The molecule has 1 saturated carbocycles. The van der Waals surface area contributed by atoms with Gasteiger partial charge in [0.15, 0.2) is 0 Å². The number of rotatable bonds is 5. The molecule has 1 heterocycles. The van der Waals surface area contributed by atoms with E-state index in [-0.39, 0.29) is 0 Å². The maximum Gasteiger partial charge on any atom is 0.120 e. The largest absolute Gasteiger partial charge is 0.468 e. The molecular weight excluding hydrogens is 198 g/mol. The van der Waals surface area contributed by atoms with Crippen LogP contribution >= 0.6 is 0 Å². The van der Waals surface area contributed by atoms with E-state index < -0.39 is 0 Å². The van der Waals surface area contributed by atoms with Gasteiger partial charge in [-0.25, -0.2) is 0 Å². The van der Waals surface area contributed by atoms with E-state index in [1.165, 1.54) is 38.5 Å². The van der Waals surface area contributed by atoms with Gasteiger partial charge in [-0.2, -0.15) is 0 Å². The highest BCUT2D eigenvalue weighted by Gasteiger charge is 2.20. The summed E-state index contributed by atoms with van der Waals surface area (Å²) in [6.45, 7) is 3.18. The molecule has 1 aromatic heterocycles. The Hall–Kier alpha value is -0.760. The van der Waals surface area contributed by atoms with Crippen molar-refractivity contribution in [2.75, 3.05) is 6.54 Å². The van der Waals surface area contributed by atoms with Crippen molar-refractivity contribution in [2.45, 2.75) is 51.5 Å². The average Bonchev–Trinajstić information content (AvgIpc) is 2.83. The van der Waals surface area contributed by atoms with Crippen molar-refractivity contribution in [3.8, 4) is 0 Å². The zero-order valence-electron chi connectivity index (χ0n) is 10.2. The van der Waals surface area contributed by atoms with Crippen molar-refractivity contribution in [3.63, 3.8) is 0 Å². The van der Waals surface area contributed by atoms with Crippen LogP contribution in [-0.2, 0) is 0 Å². The minimum Gasteiger partial charge on any atom is -0.468 e. The molecule has 0 aliphatic heterocycles. The first-order valence-electron chi connectivity index (χ1n) is 6.67. The SMILES string of the molecule is CCNC(CC1CCCCC1)c1ccco1. The van der Waals surface area contributed by atoms with Crippen LogP contribution in [0.25, 0.3) is 0 Å². The van der Waals surface area contributed by atoms with E-state index in [0.29, 0.717) is 6.04 Å². The predicted octanol–water partition coefficient (Wildman–Crippen LogP) is 3.90. The predicted molar refractivity (Wildman–Crippen MR) is 66.3 cm³/mol. The summed E-state index contributed by atoms with van der Waals surface area (Å²) >= 11 is 0. The quantitative estimate of drug-likeness (QED) is 0.815. The Balaban J connectivity index is 1.91. The molecule has 0 aromatic carbocycles. The molecule has 1 N–H and O–H groups in total. The topological polar surface area (TPSA) is 25.2 Å². The van der Waals surface area contributed by atoms with Gasteiger partial charge in [0, 0.05) is 0 Å². The van der Waals surface area contributed by atoms with Crippen molar-refractivity contribution in [1.82, 2.24) is 5.32 Å². The lowest BCUT2D eigenvalue weighted by molar-refractivity contribution is 0.282. The Labute approximate surface area is 98.4 Å². The number of hydrogen-bond acceptors (Lipinski definition) is 2. The highest BCUT2D eigenvalue weighted by atomic mass is 16.3. The lowest BCUT2D eigenvalue weighted by atomic mass is 9.84. The van der Waals surface area contributed by atoms with Crippen LogP contribution in [-0.4, -0.2) is 6.54 Å². The molecule has 1 atom stereocenters. The minimum absolute atomic E-state index is 0.420. The third-order valence-corrected chi connectivity index (χ3v) is 3.63. The molecule has 16 heavy (non-hydrogen) atoms. The van der Waals surface area contributed by atoms with Crippen LogP contribution in [0.4, 0.5) is 0 Å². The average molecular weight is 221 g/mol. The fourth-order valence-corrected chi connectivity index (χ4v) is 2.79. The molecule has 90 valence electrons. The monoisotopic (exact) mass is 221 g/mol. The van der Waals surface area contributed by atoms with E-state index in [0.717, 1.165) is 18.2 Å². The first-order valence-corrected chi connectivity index (χ1v) is 6.67. The Kier molecular flexibility index (Phi) is 4.46. The summed E-state index contributed by atoms with van der Waals surface area (Å²) in [5.41, 5.74) is 0. The first-order chi connectivity index (χ1) is 7.90. The van der Waals surface area contributed by atoms with Crippen LogP contribution in [0.15, 0.2) is 22.8 Å². The molecule has 2 heteroatoms. The standard InChI is InChI=1S/C14H23NO/c1-2-15-13(14-9-6-10-16-14)11-12-7-4-3-5-8-12/h6,9-10,12-13,15H,2-5,7-8,11H2,1H3. The van der Waals surface area contributed by atoms with E-state index in [1.54, 1.807) is 6.26 Å². The summed E-state index contributed by atoms with van der Waals surface area (Å²) < 4.78 is 5.53. The molecule has 1 aliphatic rings.